The number of aryl methyl sites for hydroxylation is 1. The molecule has 3 aromatic rings. The Morgan fingerprint density at radius 1 is 1.13 bits per heavy atom. The Bertz CT molecular complexity index is 1150. The van der Waals surface area contributed by atoms with Gasteiger partial charge in [-0.3, -0.25) is 14.5 Å². The Balaban J connectivity index is 1.42. The smallest absolute Gasteiger partial charge is 0.344 e. The number of carbonyl (C=O) groups is 3. The third kappa shape index (κ3) is 3.70. The van der Waals surface area contributed by atoms with Gasteiger partial charge in [0.25, 0.3) is 11.8 Å². The molecule has 0 bridgehead atoms. The highest BCUT2D eigenvalue weighted by atomic mass is 35.5. The molecule has 0 spiro atoms. The molecule has 2 heterocycles. The molecular weight excluding hydrogens is 427 g/mol. The van der Waals surface area contributed by atoms with Crippen molar-refractivity contribution >= 4 is 29.4 Å². The van der Waals surface area contributed by atoms with Crippen molar-refractivity contribution in [1.29, 1.82) is 0 Å². The standard InChI is InChI=1S/C22H16ClFN2O5/c1-12-17(19(25-31-12)18-15(23)8-4-9-16(18)24)22(29)30-11-5-10-26-20(27)13-6-2-3-7-14(13)21(26)28/h2-4,6-9H,5,10-11H2,1H3. The number of hydrogen-bond donors (Lipinski definition) is 0. The van der Waals surface area contributed by atoms with E-state index in [1.54, 1.807) is 24.3 Å². The Hall–Kier alpha value is -3.52. The number of halogens is 2. The van der Waals surface area contributed by atoms with Crippen molar-refractivity contribution in [2.45, 2.75) is 13.3 Å². The Morgan fingerprint density at radius 2 is 1.81 bits per heavy atom. The zero-order chi connectivity index (χ0) is 22.1. The van der Waals surface area contributed by atoms with Gasteiger partial charge in [-0.2, -0.15) is 0 Å². The van der Waals surface area contributed by atoms with Crippen LogP contribution in [0, 0.1) is 12.7 Å². The minimum absolute atomic E-state index is 0.0345. The zero-order valence-corrected chi connectivity index (χ0v) is 17.1. The minimum Gasteiger partial charge on any atom is -0.462 e. The molecule has 1 aliphatic rings. The lowest BCUT2D eigenvalue weighted by Crippen LogP contribution is -2.31. The molecule has 158 valence electrons. The van der Waals surface area contributed by atoms with Crippen molar-refractivity contribution in [2.75, 3.05) is 13.2 Å². The number of rotatable bonds is 6. The summed E-state index contributed by atoms with van der Waals surface area (Å²) in [4.78, 5) is 38.5. The van der Waals surface area contributed by atoms with E-state index in [4.69, 9.17) is 20.9 Å². The van der Waals surface area contributed by atoms with Gasteiger partial charge in [0.05, 0.1) is 28.3 Å². The highest BCUT2D eigenvalue weighted by Gasteiger charge is 2.34. The van der Waals surface area contributed by atoms with E-state index < -0.39 is 11.8 Å². The van der Waals surface area contributed by atoms with E-state index in [-0.39, 0.29) is 59.0 Å². The minimum atomic E-state index is -0.768. The van der Waals surface area contributed by atoms with Crippen LogP contribution in [0.4, 0.5) is 4.39 Å². The second-order valence-corrected chi connectivity index (χ2v) is 7.26. The first-order valence-electron chi connectivity index (χ1n) is 9.43. The van der Waals surface area contributed by atoms with Gasteiger partial charge in [0.15, 0.2) is 0 Å². The Kier molecular flexibility index (Phi) is 5.56. The largest absolute Gasteiger partial charge is 0.462 e. The first kappa shape index (κ1) is 20.7. The highest BCUT2D eigenvalue weighted by molar-refractivity contribution is 6.33. The topological polar surface area (TPSA) is 89.7 Å². The van der Waals surface area contributed by atoms with Crippen LogP contribution in [-0.2, 0) is 4.74 Å². The number of ether oxygens (including phenoxy) is 1. The number of hydrogen-bond acceptors (Lipinski definition) is 6. The molecule has 4 rings (SSSR count). The number of esters is 1. The van der Waals surface area contributed by atoms with Crippen molar-refractivity contribution in [3.8, 4) is 11.3 Å². The van der Waals surface area contributed by atoms with Gasteiger partial charge >= 0.3 is 5.97 Å². The Labute approximate surface area is 181 Å². The SMILES string of the molecule is Cc1onc(-c2c(F)cccc2Cl)c1C(=O)OCCCN1C(=O)c2ccccc2C1=O. The summed E-state index contributed by atoms with van der Waals surface area (Å²) in [6.07, 6.45) is 0.233. The van der Waals surface area contributed by atoms with Gasteiger partial charge in [-0.1, -0.05) is 35.0 Å². The summed E-state index contributed by atoms with van der Waals surface area (Å²) in [5.41, 5.74) is 0.574. The predicted octanol–water partition coefficient (Wildman–Crippen LogP) is 4.29. The maximum absolute atomic E-state index is 14.3. The van der Waals surface area contributed by atoms with Gasteiger partial charge in [-0.15, -0.1) is 0 Å². The molecule has 1 aromatic heterocycles. The maximum Gasteiger partial charge on any atom is 0.344 e. The zero-order valence-electron chi connectivity index (χ0n) is 16.4. The van der Waals surface area contributed by atoms with Gasteiger partial charge in [-0.05, 0) is 37.6 Å². The molecule has 2 aromatic carbocycles. The fourth-order valence-electron chi connectivity index (χ4n) is 3.41. The van der Waals surface area contributed by atoms with E-state index in [2.05, 4.69) is 5.16 Å². The summed E-state index contributed by atoms with van der Waals surface area (Å²) in [5, 5.41) is 3.84. The molecule has 31 heavy (non-hydrogen) atoms. The number of fused-ring (bicyclic) bond motifs is 1. The number of aromatic nitrogens is 1. The van der Waals surface area contributed by atoms with Crippen molar-refractivity contribution in [3.63, 3.8) is 0 Å². The fraction of sp³-hybridized carbons (Fsp3) is 0.182. The van der Waals surface area contributed by atoms with Gasteiger partial charge in [0.2, 0.25) is 0 Å². The molecule has 0 N–H and O–H groups in total. The third-order valence-corrected chi connectivity index (χ3v) is 5.22. The lowest BCUT2D eigenvalue weighted by Gasteiger charge is -2.13. The fourth-order valence-corrected chi connectivity index (χ4v) is 3.66. The molecule has 0 atom stereocenters. The van der Waals surface area contributed by atoms with E-state index in [0.717, 1.165) is 4.90 Å². The molecule has 9 heteroatoms. The van der Waals surface area contributed by atoms with E-state index in [0.29, 0.717) is 11.1 Å². The molecule has 0 fully saturated rings. The van der Waals surface area contributed by atoms with Crippen molar-refractivity contribution in [1.82, 2.24) is 10.1 Å². The van der Waals surface area contributed by atoms with Crippen LogP contribution in [0.15, 0.2) is 47.0 Å². The summed E-state index contributed by atoms with van der Waals surface area (Å²) in [5.74, 6) is -2.02. The van der Waals surface area contributed by atoms with Gasteiger partial charge in [0.1, 0.15) is 22.8 Å². The van der Waals surface area contributed by atoms with Crippen LogP contribution in [0.25, 0.3) is 11.3 Å². The van der Waals surface area contributed by atoms with Gasteiger partial charge in [0, 0.05) is 6.54 Å². The number of benzene rings is 2. The lowest BCUT2D eigenvalue weighted by molar-refractivity contribution is 0.0481. The number of amides is 2. The highest BCUT2D eigenvalue weighted by Crippen LogP contribution is 2.33. The van der Waals surface area contributed by atoms with Crippen molar-refractivity contribution in [2.24, 2.45) is 0 Å². The summed E-state index contributed by atoms with van der Waals surface area (Å²) < 4.78 is 24.6. The van der Waals surface area contributed by atoms with Gasteiger partial charge < -0.3 is 9.26 Å². The molecule has 7 nitrogen and oxygen atoms in total. The molecule has 1 aliphatic heterocycles. The van der Waals surface area contributed by atoms with Crippen LogP contribution in [0.3, 0.4) is 0 Å². The number of imide groups is 1. The lowest BCUT2D eigenvalue weighted by atomic mass is 10.1. The van der Waals surface area contributed by atoms with Crippen LogP contribution in [0.1, 0.15) is 43.3 Å². The molecule has 0 saturated carbocycles. The third-order valence-electron chi connectivity index (χ3n) is 4.90. The number of nitrogens with zero attached hydrogens (tertiary/aromatic N) is 2. The summed E-state index contributed by atoms with van der Waals surface area (Å²) in [6, 6.07) is 10.7. The van der Waals surface area contributed by atoms with Crippen LogP contribution >= 0.6 is 11.6 Å². The summed E-state index contributed by atoms with van der Waals surface area (Å²) >= 11 is 6.07. The molecule has 0 unspecified atom stereocenters. The van der Waals surface area contributed by atoms with Crippen LogP contribution in [0.5, 0.6) is 0 Å². The second-order valence-electron chi connectivity index (χ2n) is 6.86. The Morgan fingerprint density at radius 3 is 2.45 bits per heavy atom. The molecule has 0 saturated heterocycles. The van der Waals surface area contributed by atoms with E-state index >= 15 is 0 Å². The molecule has 2 amide bonds. The van der Waals surface area contributed by atoms with Gasteiger partial charge in [-0.25, -0.2) is 9.18 Å². The van der Waals surface area contributed by atoms with E-state index in [9.17, 15) is 18.8 Å². The average Bonchev–Trinajstić information content (AvgIpc) is 3.24. The van der Waals surface area contributed by atoms with Crippen molar-refractivity contribution < 1.29 is 28.0 Å². The quantitative estimate of drug-likeness (QED) is 0.321. The van der Waals surface area contributed by atoms with Crippen molar-refractivity contribution in [3.05, 3.63) is 75.8 Å². The maximum atomic E-state index is 14.3. The number of carbonyl (C=O) groups excluding carboxylic acids is 3. The summed E-state index contributed by atoms with van der Waals surface area (Å²) in [7, 11) is 0. The molecular formula is C22H16ClFN2O5. The van der Waals surface area contributed by atoms with E-state index in [1.807, 2.05) is 0 Å². The van der Waals surface area contributed by atoms with E-state index in [1.165, 1.54) is 25.1 Å². The molecule has 0 aliphatic carbocycles. The normalized spacial score (nSPS) is 12.9. The van der Waals surface area contributed by atoms with Crippen LogP contribution < -0.4 is 0 Å². The van der Waals surface area contributed by atoms with Crippen LogP contribution in [-0.4, -0.2) is 41.0 Å². The van der Waals surface area contributed by atoms with Crippen LogP contribution in [0.2, 0.25) is 5.02 Å². The monoisotopic (exact) mass is 442 g/mol. The summed E-state index contributed by atoms with van der Waals surface area (Å²) in [6.45, 7) is 1.52. The average molecular weight is 443 g/mol. The first-order valence-corrected chi connectivity index (χ1v) is 9.81. The predicted molar refractivity (Wildman–Crippen MR) is 108 cm³/mol. The second kappa shape index (κ2) is 8.31. The molecule has 0 radical (unpaired) electrons. The first-order chi connectivity index (χ1) is 14.9.